The Kier molecular flexibility index (Phi) is 98.4. The van der Waals surface area contributed by atoms with E-state index in [0.717, 1.165) is 0 Å². The Bertz CT molecular complexity index is 59.1. The molecule has 0 aliphatic heterocycles. The third kappa shape index (κ3) is 935. The van der Waals surface area contributed by atoms with Crippen LogP contribution in [0.1, 0.15) is 1.43 Å². The Morgan fingerprint density at radius 3 is 1.71 bits per heavy atom. The molecule has 36 valence electrons. The minimum absolute atomic E-state index is 0. The van der Waals surface area contributed by atoms with E-state index in [2.05, 4.69) is 0 Å². The van der Waals surface area contributed by atoms with Gasteiger partial charge in [-0.25, -0.2) is 0 Å². The minimum Gasteiger partial charge on any atom is -1.00 e. The van der Waals surface area contributed by atoms with Gasteiger partial charge < -0.3 is 17.7 Å². The van der Waals surface area contributed by atoms with Crippen LogP contribution in [0.2, 0.25) is 0 Å². The second-order valence-electron chi connectivity index (χ2n) is 0.171. The van der Waals surface area contributed by atoms with Gasteiger partial charge in [0, 0.05) is 0 Å². The zero-order chi connectivity index (χ0) is 5.41. The molecule has 0 fully saturated rings. The molecule has 0 saturated carbocycles. The molecule has 0 atom stereocenters. The van der Waals surface area contributed by atoms with Crippen molar-refractivity contribution < 1.29 is 36.2 Å². The van der Waals surface area contributed by atoms with Crippen LogP contribution in [0.25, 0.3) is 16.0 Å². The summed E-state index contributed by atoms with van der Waals surface area (Å²) in [6.45, 7) is 0. The summed E-state index contributed by atoms with van der Waals surface area (Å²) in [6, 6.07) is 0. The molecule has 0 aromatic heterocycles. The maximum atomic E-state index is 8.11. The van der Waals surface area contributed by atoms with Crippen molar-refractivity contribution in [2.24, 2.45) is 5.34 Å². The summed E-state index contributed by atoms with van der Waals surface area (Å²) in [5.74, 6) is 0. The summed E-state index contributed by atoms with van der Waals surface area (Å²) < 4.78 is 0. The van der Waals surface area contributed by atoms with Gasteiger partial charge in [-0.05, 0) is 0 Å². The van der Waals surface area contributed by atoms with E-state index in [1.54, 1.807) is 0 Å². The van der Waals surface area contributed by atoms with Crippen molar-refractivity contribution in [1.29, 1.82) is 0 Å². The van der Waals surface area contributed by atoms with Crippen molar-refractivity contribution in [2.75, 3.05) is 0 Å². The Morgan fingerprint density at radius 1 is 1.71 bits per heavy atom. The van der Waals surface area contributed by atoms with Gasteiger partial charge in [-0.15, -0.1) is 4.91 Å². The van der Waals surface area contributed by atoms with E-state index >= 15 is 0 Å². The summed E-state index contributed by atoms with van der Waals surface area (Å²) in [7, 11) is 0. The van der Waals surface area contributed by atoms with Crippen LogP contribution in [0.4, 0.5) is 0 Å². The van der Waals surface area contributed by atoms with Crippen LogP contribution in [0, 0.1) is 4.91 Å². The van der Waals surface area contributed by atoms with Crippen molar-refractivity contribution in [2.45, 2.75) is 0 Å². The van der Waals surface area contributed by atoms with Gasteiger partial charge in [-0.3, -0.25) is 4.91 Å². The van der Waals surface area contributed by atoms with Crippen LogP contribution in [0.3, 0.4) is 0 Å². The molecule has 7 heteroatoms. The first-order chi connectivity index (χ1) is 2.83. The molecule has 0 saturated heterocycles. The Labute approximate surface area is 62.6 Å². The zero-order valence-corrected chi connectivity index (χ0v) is 5.64. The van der Waals surface area contributed by atoms with Gasteiger partial charge in [0.2, 0.25) is 0 Å². The van der Waals surface area contributed by atoms with Crippen LogP contribution in [0.15, 0.2) is 5.34 Å². The average molecular weight is 113 g/mol. The SMILES string of the molecule is O=NO.[H-].[N-]=[N+]=[N-].[Na+]. The second-order valence-corrected chi connectivity index (χ2v) is 0.171. The van der Waals surface area contributed by atoms with Gasteiger partial charge in [-0.1, -0.05) is 0 Å². The molecule has 0 amide bonds. The molecule has 0 spiro atoms. The molecule has 0 aliphatic rings. The van der Waals surface area contributed by atoms with Crippen LogP contribution < -0.4 is 29.6 Å². The van der Waals surface area contributed by atoms with Crippen molar-refractivity contribution in [1.82, 2.24) is 0 Å². The molecular weight excluding hydrogens is 111 g/mol. The Balaban J connectivity index is -0.0000000160. The average Bonchev–Trinajstić information content (AvgIpc) is 1.39. The van der Waals surface area contributed by atoms with E-state index < -0.39 is 0 Å². The van der Waals surface area contributed by atoms with E-state index in [4.69, 9.17) is 21.2 Å². The van der Waals surface area contributed by atoms with Gasteiger partial charge in [-0.2, -0.15) is 0 Å². The third-order valence-electron chi connectivity index (χ3n) is 0. The summed E-state index contributed by atoms with van der Waals surface area (Å²) >= 11 is 0. The van der Waals surface area contributed by atoms with E-state index in [0.29, 0.717) is 0 Å². The van der Waals surface area contributed by atoms with Crippen molar-refractivity contribution >= 4 is 0 Å². The number of hydrogen-bond donors (Lipinski definition) is 1. The predicted molar refractivity (Wildman–Crippen MR) is 18.8 cm³/mol. The Morgan fingerprint density at radius 2 is 1.71 bits per heavy atom. The summed E-state index contributed by atoms with van der Waals surface area (Å²) in [5, 5.41) is 7.89. The standard InChI is InChI=1S/N3.HNO2.Na.H/c1-3-2;2-1-3;;/h;(H,2,3);;/q-1;;+1;-1. The topological polar surface area (TPSA) is 108 Å². The Hall–Kier alpha value is -0.290. The zero-order valence-electron chi connectivity index (χ0n) is 4.64. The maximum Gasteiger partial charge on any atom is 1.00 e. The van der Waals surface area contributed by atoms with Crippen LogP contribution >= 0.6 is 0 Å². The smallest absolute Gasteiger partial charge is 1.00 e. The fourth-order valence-corrected chi connectivity index (χ4v) is 0. The van der Waals surface area contributed by atoms with Gasteiger partial charge in [0.1, 0.15) is 0 Å². The normalized spacial score (nSPS) is 2.86. The molecule has 0 rings (SSSR count). The van der Waals surface area contributed by atoms with Gasteiger partial charge in [0.15, 0.2) is 5.34 Å². The molecule has 6 nitrogen and oxygen atoms in total. The van der Waals surface area contributed by atoms with Gasteiger partial charge in [0.25, 0.3) is 0 Å². The third-order valence-corrected chi connectivity index (χ3v) is 0. The first-order valence-corrected chi connectivity index (χ1v) is 0.783. The number of hydrogen-bond acceptors (Lipinski definition) is 2. The fraction of sp³-hybridized carbons (Fsp3) is 0. The second kappa shape index (κ2) is 43.3. The van der Waals surface area contributed by atoms with E-state index in [-0.39, 0.29) is 31.0 Å². The van der Waals surface area contributed by atoms with Crippen molar-refractivity contribution in [3.63, 3.8) is 0 Å². The molecule has 0 aromatic carbocycles. The first-order valence-electron chi connectivity index (χ1n) is 0.783. The van der Waals surface area contributed by atoms with E-state index in [1.165, 1.54) is 10.3 Å². The molecule has 0 heterocycles. The predicted octanol–water partition coefficient (Wildman–Crippen LogP) is -1.88. The monoisotopic (exact) mass is 113 g/mol. The fourth-order valence-electron chi connectivity index (χ4n) is 0. The molecule has 0 bridgehead atoms. The van der Waals surface area contributed by atoms with Crippen LogP contribution in [0.5, 0.6) is 0 Å². The molecule has 1 N–H and O–H groups in total. The summed E-state index contributed by atoms with van der Waals surface area (Å²) in [6.07, 6.45) is 0. The largest absolute Gasteiger partial charge is 1.00 e. The van der Waals surface area contributed by atoms with Crippen molar-refractivity contribution in [3.8, 4) is 0 Å². The van der Waals surface area contributed by atoms with Gasteiger partial charge >= 0.3 is 29.6 Å². The van der Waals surface area contributed by atoms with Crippen LogP contribution in [-0.4, -0.2) is 5.21 Å². The quantitative estimate of drug-likeness (QED) is 0.0990. The first kappa shape index (κ1) is 15.9. The maximum absolute atomic E-state index is 8.11. The molecule has 0 aliphatic carbocycles. The molecule has 0 radical (unpaired) electrons. The number of nitrogens with zero attached hydrogens (tertiary/aromatic N) is 4. The van der Waals surface area contributed by atoms with E-state index in [9.17, 15) is 0 Å². The molecule has 0 unspecified atom stereocenters. The summed E-state index contributed by atoms with van der Waals surface area (Å²) in [4.78, 5) is 9.61. The number of rotatable bonds is 0. The van der Waals surface area contributed by atoms with E-state index in [1.807, 2.05) is 0 Å². The summed E-state index contributed by atoms with van der Waals surface area (Å²) in [5.41, 5.74) is 13.5. The molecule has 7 heavy (non-hydrogen) atoms. The van der Waals surface area contributed by atoms with Crippen molar-refractivity contribution in [3.05, 3.63) is 20.9 Å². The molecular formula is H2N4NaO2-. The van der Waals surface area contributed by atoms with Crippen LogP contribution in [-0.2, 0) is 0 Å². The van der Waals surface area contributed by atoms with Gasteiger partial charge in [0.05, 0.1) is 0 Å². The molecule has 0 aromatic rings. The minimum atomic E-state index is 0.